The molecule has 0 radical (unpaired) electrons. The molecule has 0 aliphatic heterocycles. The predicted octanol–water partition coefficient (Wildman–Crippen LogP) is 4.79. The summed E-state index contributed by atoms with van der Waals surface area (Å²) in [7, 11) is 0. The lowest BCUT2D eigenvalue weighted by atomic mass is 10.1. The van der Waals surface area contributed by atoms with Crippen LogP contribution in [0.15, 0.2) is 54.6 Å². The minimum atomic E-state index is -0.966. The molecule has 0 spiro atoms. The standard InChI is InChI=1S/C28H40N2O5/c1-4-34-26(27(31)32)21-24-12-14-25(15-13-24)35-20-19-30(18-8-9-22(2)3)28(33)29-17-16-23-10-6-5-7-11-23/h5-7,10-15,22,26H,4,8-9,16-21H2,1-3H3,(H,29,33)(H,31,32). The summed E-state index contributed by atoms with van der Waals surface area (Å²) in [5.41, 5.74) is 2.06. The maximum Gasteiger partial charge on any atom is 0.333 e. The Kier molecular flexibility index (Phi) is 12.7. The first-order valence-corrected chi connectivity index (χ1v) is 12.5. The number of hydrogen-bond acceptors (Lipinski definition) is 4. The van der Waals surface area contributed by atoms with Gasteiger partial charge in [0.1, 0.15) is 12.4 Å². The number of carbonyl (C=O) groups is 2. The number of nitrogens with one attached hydrogen (secondary N) is 1. The molecule has 35 heavy (non-hydrogen) atoms. The van der Waals surface area contributed by atoms with Crippen molar-refractivity contribution in [1.82, 2.24) is 10.2 Å². The molecule has 0 aliphatic rings. The van der Waals surface area contributed by atoms with Crippen LogP contribution in [-0.2, 0) is 22.4 Å². The lowest BCUT2D eigenvalue weighted by Gasteiger charge is -2.24. The van der Waals surface area contributed by atoms with Crippen LogP contribution in [-0.4, -0.2) is 61.0 Å². The normalized spacial score (nSPS) is 11.8. The minimum Gasteiger partial charge on any atom is -0.492 e. The molecule has 7 heteroatoms. The van der Waals surface area contributed by atoms with Crippen LogP contribution in [0.2, 0.25) is 0 Å². The lowest BCUT2D eigenvalue weighted by Crippen LogP contribution is -2.43. The Balaban J connectivity index is 1.83. The number of nitrogens with zero attached hydrogens (tertiary/aromatic N) is 1. The van der Waals surface area contributed by atoms with Crippen LogP contribution in [0.3, 0.4) is 0 Å². The Labute approximate surface area is 209 Å². The molecule has 0 saturated carbocycles. The maximum absolute atomic E-state index is 12.8. The van der Waals surface area contributed by atoms with Crippen LogP contribution >= 0.6 is 0 Å². The Morgan fingerprint density at radius 3 is 2.34 bits per heavy atom. The SMILES string of the molecule is CCOC(Cc1ccc(OCCN(CCCC(C)C)C(=O)NCCc2ccccc2)cc1)C(=O)O. The maximum atomic E-state index is 12.8. The summed E-state index contributed by atoms with van der Waals surface area (Å²) < 4.78 is 11.2. The summed E-state index contributed by atoms with van der Waals surface area (Å²) in [5.74, 6) is 0.312. The summed E-state index contributed by atoms with van der Waals surface area (Å²) in [6.45, 7) is 8.64. The third-order valence-electron chi connectivity index (χ3n) is 5.65. The molecule has 0 saturated heterocycles. The van der Waals surface area contributed by atoms with Crippen molar-refractivity contribution in [2.45, 2.75) is 52.6 Å². The Bertz CT molecular complexity index is 871. The molecule has 2 aromatic carbocycles. The van der Waals surface area contributed by atoms with E-state index in [-0.39, 0.29) is 6.03 Å². The molecule has 0 aromatic heterocycles. The molecule has 0 heterocycles. The number of rotatable bonds is 16. The molecule has 7 nitrogen and oxygen atoms in total. The van der Waals surface area contributed by atoms with Gasteiger partial charge in [0.2, 0.25) is 0 Å². The van der Waals surface area contributed by atoms with Gasteiger partial charge >= 0.3 is 12.0 Å². The highest BCUT2D eigenvalue weighted by molar-refractivity contribution is 5.74. The van der Waals surface area contributed by atoms with E-state index in [2.05, 4.69) is 31.3 Å². The van der Waals surface area contributed by atoms with Gasteiger partial charge in [0.15, 0.2) is 6.10 Å². The van der Waals surface area contributed by atoms with Crippen LogP contribution in [0.1, 0.15) is 44.7 Å². The fourth-order valence-electron chi connectivity index (χ4n) is 3.70. The number of aliphatic carboxylic acids is 1. The average Bonchev–Trinajstić information content (AvgIpc) is 2.84. The van der Waals surface area contributed by atoms with E-state index in [4.69, 9.17) is 9.47 Å². The van der Waals surface area contributed by atoms with Gasteiger partial charge in [-0.2, -0.15) is 0 Å². The number of ether oxygens (including phenoxy) is 2. The van der Waals surface area contributed by atoms with Crippen molar-refractivity contribution in [1.29, 1.82) is 0 Å². The van der Waals surface area contributed by atoms with E-state index in [1.807, 2.05) is 47.4 Å². The van der Waals surface area contributed by atoms with E-state index in [0.717, 1.165) is 24.8 Å². The fourth-order valence-corrected chi connectivity index (χ4v) is 3.70. The summed E-state index contributed by atoms with van der Waals surface area (Å²) in [6.07, 6.45) is 2.25. The first-order valence-electron chi connectivity index (χ1n) is 12.5. The fraction of sp³-hybridized carbons (Fsp3) is 0.500. The van der Waals surface area contributed by atoms with Gasteiger partial charge in [0.05, 0.1) is 6.54 Å². The molecule has 2 N–H and O–H groups in total. The van der Waals surface area contributed by atoms with Gasteiger partial charge in [-0.3, -0.25) is 0 Å². The van der Waals surface area contributed by atoms with E-state index in [0.29, 0.717) is 50.9 Å². The number of urea groups is 1. The Morgan fingerprint density at radius 1 is 1.00 bits per heavy atom. The first-order chi connectivity index (χ1) is 16.9. The van der Waals surface area contributed by atoms with Crippen molar-refractivity contribution in [3.63, 3.8) is 0 Å². The summed E-state index contributed by atoms with van der Waals surface area (Å²) in [5, 5.41) is 12.3. The minimum absolute atomic E-state index is 0.0701. The monoisotopic (exact) mass is 484 g/mol. The molecule has 0 aliphatic carbocycles. The molecule has 1 atom stereocenters. The van der Waals surface area contributed by atoms with Crippen LogP contribution in [0.25, 0.3) is 0 Å². The van der Waals surface area contributed by atoms with Crippen molar-refractivity contribution in [3.8, 4) is 5.75 Å². The van der Waals surface area contributed by atoms with Gasteiger partial charge in [-0.1, -0.05) is 56.3 Å². The Hall–Kier alpha value is -3.06. The molecule has 0 fully saturated rings. The van der Waals surface area contributed by atoms with Gasteiger partial charge < -0.3 is 24.8 Å². The molecule has 1 unspecified atom stereocenters. The summed E-state index contributed by atoms with van der Waals surface area (Å²) in [6, 6.07) is 17.4. The molecule has 192 valence electrons. The smallest absolute Gasteiger partial charge is 0.333 e. The van der Waals surface area contributed by atoms with Crippen molar-refractivity contribution in [2.24, 2.45) is 5.92 Å². The number of carbonyl (C=O) groups excluding carboxylic acids is 1. The van der Waals surface area contributed by atoms with Crippen molar-refractivity contribution < 1.29 is 24.2 Å². The van der Waals surface area contributed by atoms with Gasteiger partial charge in [0, 0.05) is 26.1 Å². The van der Waals surface area contributed by atoms with Gasteiger partial charge in [0.25, 0.3) is 0 Å². The largest absolute Gasteiger partial charge is 0.492 e. The van der Waals surface area contributed by atoms with E-state index in [9.17, 15) is 14.7 Å². The number of benzene rings is 2. The van der Waals surface area contributed by atoms with E-state index >= 15 is 0 Å². The van der Waals surface area contributed by atoms with Gasteiger partial charge in [-0.05, 0) is 55.4 Å². The van der Waals surface area contributed by atoms with E-state index in [1.54, 1.807) is 6.92 Å². The van der Waals surface area contributed by atoms with Crippen LogP contribution in [0.5, 0.6) is 5.75 Å². The summed E-state index contributed by atoms with van der Waals surface area (Å²) in [4.78, 5) is 25.9. The summed E-state index contributed by atoms with van der Waals surface area (Å²) >= 11 is 0. The van der Waals surface area contributed by atoms with Crippen LogP contribution in [0, 0.1) is 5.92 Å². The zero-order chi connectivity index (χ0) is 25.5. The highest BCUT2D eigenvalue weighted by atomic mass is 16.5. The van der Waals surface area contributed by atoms with Gasteiger partial charge in [-0.25, -0.2) is 9.59 Å². The quantitative estimate of drug-likeness (QED) is 0.358. The molecular formula is C28H40N2O5. The molecular weight excluding hydrogens is 444 g/mol. The van der Waals surface area contributed by atoms with Crippen LogP contribution < -0.4 is 10.1 Å². The highest BCUT2D eigenvalue weighted by Gasteiger charge is 2.18. The first kappa shape index (κ1) is 28.2. The van der Waals surface area contributed by atoms with E-state index in [1.165, 1.54) is 5.56 Å². The molecule has 2 rings (SSSR count). The lowest BCUT2D eigenvalue weighted by molar-refractivity contribution is -0.149. The van der Waals surface area contributed by atoms with Crippen molar-refractivity contribution in [2.75, 3.05) is 32.8 Å². The number of carboxylic acid groups (broad SMARTS) is 1. The van der Waals surface area contributed by atoms with Crippen LogP contribution in [0.4, 0.5) is 4.79 Å². The number of hydrogen-bond donors (Lipinski definition) is 2. The number of amides is 2. The zero-order valence-electron chi connectivity index (χ0n) is 21.2. The number of carboxylic acids is 1. The molecule has 0 bridgehead atoms. The van der Waals surface area contributed by atoms with E-state index < -0.39 is 12.1 Å². The second kappa shape index (κ2) is 15.8. The predicted molar refractivity (Wildman–Crippen MR) is 138 cm³/mol. The second-order valence-electron chi connectivity index (χ2n) is 8.97. The third kappa shape index (κ3) is 11.3. The second-order valence-corrected chi connectivity index (χ2v) is 8.97. The topological polar surface area (TPSA) is 88.1 Å². The highest BCUT2D eigenvalue weighted by Crippen LogP contribution is 2.15. The molecule has 2 aromatic rings. The average molecular weight is 485 g/mol. The third-order valence-corrected chi connectivity index (χ3v) is 5.65. The van der Waals surface area contributed by atoms with Crippen molar-refractivity contribution in [3.05, 3.63) is 65.7 Å². The molecule has 2 amide bonds. The Morgan fingerprint density at radius 2 is 1.71 bits per heavy atom. The zero-order valence-corrected chi connectivity index (χ0v) is 21.2. The van der Waals surface area contributed by atoms with Gasteiger partial charge in [-0.15, -0.1) is 0 Å². The van der Waals surface area contributed by atoms with Crippen molar-refractivity contribution >= 4 is 12.0 Å².